The summed E-state index contributed by atoms with van der Waals surface area (Å²) in [6.45, 7) is 7.75. The molecule has 35 heavy (non-hydrogen) atoms. The first-order valence-electron chi connectivity index (χ1n) is 11.9. The Bertz CT molecular complexity index is 1100. The van der Waals surface area contributed by atoms with Gasteiger partial charge in [-0.2, -0.15) is 0 Å². The van der Waals surface area contributed by atoms with Crippen molar-refractivity contribution in [2.75, 3.05) is 51.8 Å². The maximum Gasteiger partial charge on any atom is 0.289 e. The Morgan fingerprint density at radius 3 is 2.60 bits per heavy atom. The van der Waals surface area contributed by atoms with Crippen LogP contribution in [0.2, 0.25) is 0 Å². The lowest BCUT2D eigenvalue weighted by molar-refractivity contribution is 0.0769. The lowest BCUT2D eigenvalue weighted by Crippen LogP contribution is -2.46. The minimum Gasteiger partial charge on any atom is -0.455 e. The number of anilines is 1. The van der Waals surface area contributed by atoms with Crippen LogP contribution in [0.25, 0.3) is 0 Å². The summed E-state index contributed by atoms with van der Waals surface area (Å²) in [6.07, 6.45) is 0. The van der Waals surface area contributed by atoms with Crippen LogP contribution in [0.15, 0.2) is 58.1 Å². The number of carbonyl (C=O) groups is 1. The fourth-order valence-electron chi connectivity index (χ4n) is 3.92. The summed E-state index contributed by atoms with van der Waals surface area (Å²) < 4.78 is 11.1. The molecule has 186 valence electrons. The summed E-state index contributed by atoms with van der Waals surface area (Å²) in [5.74, 6) is 2.43. The van der Waals surface area contributed by atoms with E-state index >= 15 is 0 Å². The van der Waals surface area contributed by atoms with Crippen LogP contribution >= 0.6 is 11.8 Å². The van der Waals surface area contributed by atoms with Crippen molar-refractivity contribution in [2.45, 2.75) is 31.0 Å². The van der Waals surface area contributed by atoms with Crippen LogP contribution in [0.3, 0.4) is 0 Å². The summed E-state index contributed by atoms with van der Waals surface area (Å²) in [4.78, 5) is 28.2. The topological polar surface area (TPSA) is 74.9 Å². The molecule has 1 aliphatic heterocycles. The zero-order valence-electron chi connectivity index (χ0n) is 20.6. The van der Waals surface area contributed by atoms with E-state index in [1.165, 1.54) is 17.3 Å². The maximum absolute atomic E-state index is 12.3. The van der Waals surface area contributed by atoms with Crippen molar-refractivity contribution in [2.24, 2.45) is 0 Å². The number of amides is 1. The van der Waals surface area contributed by atoms with E-state index in [-0.39, 0.29) is 5.91 Å². The van der Waals surface area contributed by atoms with Gasteiger partial charge in [-0.15, -0.1) is 0 Å². The van der Waals surface area contributed by atoms with Crippen LogP contribution in [0.1, 0.15) is 34.5 Å². The number of furan rings is 1. The van der Waals surface area contributed by atoms with Gasteiger partial charge in [-0.1, -0.05) is 42.1 Å². The number of aromatic nitrogens is 2. The first kappa shape index (κ1) is 25.2. The van der Waals surface area contributed by atoms with E-state index in [0.29, 0.717) is 29.8 Å². The molecule has 4 rings (SSSR count). The Labute approximate surface area is 211 Å². The van der Waals surface area contributed by atoms with Gasteiger partial charge >= 0.3 is 0 Å². The second-order valence-corrected chi connectivity index (χ2v) is 9.50. The fourth-order valence-corrected chi connectivity index (χ4v) is 4.69. The fraction of sp³-hybridized carbons (Fsp3) is 0.423. The van der Waals surface area contributed by atoms with Gasteiger partial charge in [-0.05, 0) is 24.6 Å². The molecule has 1 aliphatic rings. The molecule has 0 spiro atoms. The summed E-state index contributed by atoms with van der Waals surface area (Å²) in [6, 6.07) is 16.2. The van der Waals surface area contributed by atoms with E-state index < -0.39 is 0 Å². The third-order valence-corrected chi connectivity index (χ3v) is 6.89. The lowest BCUT2D eigenvalue weighted by atomic mass is 10.2. The number of thioether (sulfide) groups is 1. The number of hydrogen-bond donors (Lipinski definition) is 0. The number of hydrogen-bond acceptors (Lipinski definition) is 8. The van der Waals surface area contributed by atoms with Gasteiger partial charge in [-0.25, -0.2) is 9.97 Å². The highest BCUT2D eigenvalue weighted by atomic mass is 32.2. The lowest BCUT2D eigenvalue weighted by Gasteiger charge is -2.35. The molecule has 0 radical (unpaired) electrons. The average molecular weight is 496 g/mol. The van der Waals surface area contributed by atoms with Gasteiger partial charge in [0.2, 0.25) is 0 Å². The molecule has 3 heterocycles. The molecular weight excluding hydrogens is 462 g/mol. The molecule has 1 amide bonds. The summed E-state index contributed by atoms with van der Waals surface area (Å²) in [7, 11) is 3.43. The summed E-state index contributed by atoms with van der Waals surface area (Å²) in [5, 5.41) is 0.677. The third kappa shape index (κ3) is 6.84. The molecule has 1 fully saturated rings. The predicted octanol–water partition coefficient (Wildman–Crippen LogP) is 3.92. The average Bonchev–Trinajstić information content (AvgIpc) is 3.37. The smallest absolute Gasteiger partial charge is 0.289 e. The number of methoxy groups -OCH3 is 1. The molecule has 0 N–H and O–H groups in total. The molecule has 0 unspecified atom stereocenters. The standard InChI is InChI=1S/C26H33N5O3S/c1-4-29(2)25(32)23-11-10-22(34-23)19-35-26-27-21(18-33-3)16-24(28-26)31-14-12-30(13-15-31)17-20-8-6-5-7-9-20/h5-11,16H,4,12-15,17-19H2,1-3H3. The molecule has 9 heteroatoms. The molecule has 0 atom stereocenters. The number of ether oxygens (including phenoxy) is 1. The number of carbonyl (C=O) groups excluding carboxylic acids is 1. The molecular formula is C26H33N5O3S. The van der Waals surface area contributed by atoms with Gasteiger partial charge in [0.15, 0.2) is 10.9 Å². The van der Waals surface area contributed by atoms with Gasteiger partial charge in [0, 0.05) is 59.5 Å². The van der Waals surface area contributed by atoms with E-state index in [2.05, 4.69) is 45.1 Å². The largest absolute Gasteiger partial charge is 0.455 e. The van der Waals surface area contributed by atoms with Crippen molar-refractivity contribution in [3.8, 4) is 0 Å². The quantitative estimate of drug-likeness (QED) is 0.310. The van der Waals surface area contributed by atoms with Crippen LogP contribution in [0, 0.1) is 0 Å². The van der Waals surface area contributed by atoms with E-state index in [0.717, 1.165) is 50.0 Å². The van der Waals surface area contributed by atoms with Crippen LogP contribution < -0.4 is 4.90 Å². The monoisotopic (exact) mass is 495 g/mol. The van der Waals surface area contributed by atoms with Crippen molar-refractivity contribution in [3.05, 3.63) is 71.3 Å². The van der Waals surface area contributed by atoms with Crippen LogP contribution in [-0.4, -0.2) is 72.6 Å². The van der Waals surface area contributed by atoms with Crippen LogP contribution in [0.5, 0.6) is 0 Å². The third-order valence-electron chi connectivity index (χ3n) is 6.02. The van der Waals surface area contributed by atoms with Crippen LogP contribution in [-0.2, 0) is 23.6 Å². The predicted molar refractivity (Wildman–Crippen MR) is 138 cm³/mol. The van der Waals surface area contributed by atoms with Crippen molar-refractivity contribution in [1.82, 2.24) is 19.8 Å². The van der Waals surface area contributed by atoms with Gasteiger partial charge in [-0.3, -0.25) is 9.69 Å². The van der Waals surface area contributed by atoms with E-state index in [4.69, 9.17) is 14.1 Å². The highest BCUT2D eigenvalue weighted by Crippen LogP contribution is 2.25. The molecule has 1 saturated heterocycles. The van der Waals surface area contributed by atoms with Gasteiger partial charge < -0.3 is 19.0 Å². The summed E-state index contributed by atoms with van der Waals surface area (Å²) in [5.41, 5.74) is 2.19. The molecule has 8 nitrogen and oxygen atoms in total. The molecule has 3 aromatic rings. The van der Waals surface area contributed by atoms with Crippen molar-refractivity contribution in [3.63, 3.8) is 0 Å². The highest BCUT2D eigenvalue weighted by molar-refractivity contribution is 7.98. The molecule has 0 bridgehead atoms. The first-order chi connectivity index (χ1) is 17.1. The van der Waals surface area contributed by atoms with Gasteiger partial charge in [0.25, 0.3) is 5.91 Å². The molecule has 0 saturated carbocycles. The van der Waals surface area contributed by atoms with E-state index in [1.807, 2.05) is 19.1 Å². The van der Waals surface area contributed by atoms with E-state index in [1.54, 1.807) is 25.1 Å². The van der Waals surface area contributed by atoms with E-state index in [9.17, 15) is 4.79 Å². The molecule has 2 aromatic heterocycles. The van der Waals surface area contributed by atoms with Gasteiger partial charge in [0.1, 0.15) is 11.6 Å². The zero-order chi connectivity index (χ0) is 24.6. The second-order valence-electron chi connectivity index (χ2n) is 8.56. The second kappa shape index (κ2) is 12.2. The highest BCUT2D eigenvalue weighted by Gasteiger charge is 2.20. The zero-order valence-corrected chi connectivity index (χ0v) is 21.5. The minimum absolute atomic E-state index is 0.115. The Morgan fingerprint density at radius 2 is 1.89 bits per heavy atom. The number of rotatable bonds is 10. The number of benzene rings is 1. The van der Waals surface area contributed by atoms with Crippen molar-refractivity contribution >= 4 is 23.5 Å². The van der Waals surface area contributed by atoms with Crippen LogP contribution in [0.4, 0.5) is 5.82 Å². The Hall–Kier alpha value is -2.88. The molecule has 1 aromatic carbocycles. The Kier molecular flexibility index (Phi) is 8.79. The minimum atomic E-state index is -0.115. The Balaban J connectivity index is 1.39. The van der Waals surface area contributed by atoms with Gasteiger partial charge in [0.05, 0.1) is 18.1 Å². The van der Waals surface area contributed by atoms with Crippen molar-refractivity contribution in [1.29, 1.82) is 0 Å². The summed E-state index contributed by atoms with van der Waals surface area (Å²) >= 11 is 1.50. The van der Waals surface area contributed by atoms with Crippen molar-refractivity contribution < 1.29 is 13.9 Å². The normalized spacial score (nSPS) is 14.3. The number of piperazine rings is 1. The molecule has 0 aliphatic carbocycles. The first-order valence-corrected chi connectivity index (χ1v) is 12.9. The Morgan fingerprint density at radius 1 is 1.11 bits per heavy atom. The maximum atomic E-state index is 12.3. The SMILES string of the molecule is CCN(C)C(=O)c1ccc(CSc2nc(COC)cc(N3CCN(Cc4ccccc4)CC3)n2)o1. The number of nitrogens with zero attached hydrogens (tertiary/aromatic N) is 5.